The second-order valence-electron chi connectivity index (χ2n) is 6.36. The molecule has 1 aliphatic heterocycles. The minimum Gasteiger partial charge on any atom is -0.493 e. The predicted octanol–water partition coefficient (Wildman–Crippen LogP) is 3.45. The molecule has 8 heteroatoms. The zero-order chi connectivity index (χ0) is 20.5. The Kier molecular flexibility index (Phi) is 4.56. The lowest BCUT2D eigenvalue weighted by atomic mass is 9.83. The number of hydrogen-bond acceptors (Lipinski definition) is 6. The summed E-state index contributed by atoms with van der Waals surface area (Å²) in [5.74, 6) is 0.419. The van der Waals surface area contributed by atoms with Gasteiger partial charge in [0.25, 0.3) is 0 Å². The van der Waals surface area contributed by atoms with Gasteiger partial charge in [0.05, 0.1) is 31.4 Å². The summed E-state index contributed by atoms with van der Waals surface area (Å²) in [6, 6.07) is 13.5. The quantitative estimate of drug-likeness (QED) is 0.704. The molecule has 0 unspecified atom stereocenters. The van der Waals surface area contributed by atoms with Gasteiger partial charge in [-0.05, 0) is 42.0 Å². The number of H-pyrrole nitrogens is 1. The number of allylic oxidation sites excluding steroid dienone is 1. The van der Waals surface area contributed by atoms with E-state index in [1.165, 1.54) is 19.2 Å². The van der Waals surface area contributed by atoms with Crippen LogP contribution in [0.2, 0.25) is 0 Å². The van der Waals surface area contributed by atoms with E-state index in [9.17, 15) is 9.65 Å². The molecule has 1 aromatic heterocycles. The number of hydrogen-bond donors (Lipinski definition) is 2. The third-order valence-electron chi connectivity index (χ3n) is 4.81. The van der Waals surface area contributed by atoms with Gasteiger partial charge in [-0.3, -0.25) is 5.10 Å². The Morgan fingerprint density at radius 2 is 1.86 bits per heavy atom. The Balaban J connectivity index is 1.93. The molecule has 0 spiro atoms. The van der Waals surface area contributed by atoms with Crippen LogP contribution in [0.15, 0.2) is 53.9 Å². The standard InChI is InChI=1S/C21H17FN4O3/c1-27-15-8-5-12(9-16(15)28-2)17-14(10-23)20(24)29-21-18(17)19(25-26-21)11-3-6-13(22)7-4-11/h3-9,17H,24H2,1-2H3,(H,25,26)/t17-/m0/s1. The molecule has 0 bridgehead atoms. The Morgan fingerprint density at radius 1 is 1.14 bits per heavy atom. The van der Waals surface area contributed by atoms with Crippen LogP contribution < -0.4 is 19.9 Å². The molecule has 0 saturated heterocycles. The number of nitrogens with one attached hydrogen (secondary N) is 1. The molecular formula is C21H17FN4O3. The normalized spacial score (nSPS) is 15.3. The second kappa shape index (κ2) is 7.20. The second-order valence-corrected chi connectivity index (χ2v) is 6.36. The summed E-state index contributed by atoms with van der Waals surface area (Å²) in [6.07, 6.45) is 0. The van der Waals surface area contributed by atoms with E-state index in [0.29, 0.717) is 28.3 Å². The molecule has 0 aliphatic carbocycles. The Labute approximate surface area is 166 Å². The van der Waals surface area contributed by atoms with Crippen molar-refractivity contribution in [2.75, 3.05) is 14.2 Å². The van der Waals surface area contributed by atoms with Crippen molar-refractivity contribution in [2.45, 2.75) is 5.92 Å². The van der Waals surface area contributed by atoms with Crippen molar-refractivity contribution < 1.29 is 18.6 Å². The van der Waals surface area contributed by atoms with Gasteiger partial charge in [0, 0.05) is 5.56 Å². The van der Waals surface area contributed by atoms with Crippen molar-refractivity contribution in [3.05, 3.63) is 70.9 Å². The van der Waals surface area contributed by atoms with E-state index in [2.05, 4.69) is 16.3 Å². The first kappa shape index (κ1) is 18.4. The van der Waals surface area contributed by atoms with Gasteiger partial charge >= 0.3 is 0 Å². The van der Waals surface area contributed by atoms with Crippen LogP contribution in [0.1, 0.15) is 17.0 Å². The van der Waals surface area contributed by atoms with E-state index in [1.807, 2.05) is 6.07 Å². The molecule has 0 amide bonds. The van der Waals surface area contributed by atoms with E-state index in [0.717, 1.165) is 5.56 Å². The SMILES string of the molecule is COc1ccc([C@H]2C(C#N)=C(N)Oc3n[nH]c(-c4ccc(F)cc4)c32)cc1OC. The highest BCUT2D eigenvalue weighted by molar-refractivity contribution is 5.71. The van der Waals surface area contributed by atoms with Crippen molar-refractivity contribution in [1.29, 1.82) is 5.26 Å². The minimum atomic E-state index is -0.553. The topological polar surface area (TPSA) is 106 Å². The van der Waals surface area contributed by atoms with Crippen LogP contribution in [0, 0.1) is 17.1 Å². The van der Waals surface area contributed by atoms with Crippen LogP contribution in [0.3, 0.4) is 0 Å². The largest absolute Gasteiger partial charge is 0.493 e. The lowest BCUT2D eigenvalue weighted by molar-refractivity contribution is 0.354. The first-order valence-corrected chi connectivity index (χ1v) is 8.71. The highest BCUT2D eigenvalue weighted by atomic mass is 19.1. The Hall–Kier alpha value is -3.99. The molecule has 29 heavy (non-hydrogen) atoms. The smallest absolute Gasteiger partial charge is 0.244 e. The average Bonchev–Trinajstić information content (AvgIpc) is 3.16. The molecule has 2 aromatic carbocycles. The van der Waals surface area contributed by atoms with Crippen molar-refractivity contribution in [3.8, 4) is 34.7 Å². The maximum absolute atomic E-state index is 13.4. The van der Waals surface area contributed by atoms with E-state index in [-0.39, 0.29) is 23.2 Å². The number of halogens is 1. The van der Waals surface area contributed by atoms with Gasteiger partial charge in [0.15, 0.2) is 11.5 Å². The molecule has 2 heterocycles. The summed E-state index contributed by atoms with van der Waals surface area (Å²) in [4.78, 5) is 0. The van der Waals surface area contributed by atoms with Gasteiger partial charge < -0.3 is 19.9 Å². The first-order chi connectivity index (χ1) is 14.1. The molecule has 4 rings (SSSR count). The van der Waals surface area contributed by atoms with E-state index >= 15 is 0 Å². The van der Waals surface area contributed by atoms with Crippen LogP contribution in [-0.4, -0.2) is 24.4 Å². The predicted molar refractivity (Wildman–Crippen MR) is 103 cm³/mol. The fourth-order valence-electron chi connectivity index (χ4n) is 3.45. The number of methoxy groups -OCH3 is 2. The number of fused-ring (bicyclic) bond motifs is 1. The fraction of sp³-hybridized carbons (Fsp3) is 0.143. The van der Waals surface area contributed by atoms with Crippen molar-refractivity contribution >= 4 is 0 Å². The Morgan fingerprint density at radius 3 is 2.52 bits per heavy atom. The molecule has 0 radical (unpaired) electrons. The molecule has 0 saturated carbocycles. The summed E-state index contributed by atoms with van der Waals surface area (Å²) in [7, 11) is 3.08. The number of nitrogens with two attached hydrogens (primary N) is 1. The Bertz CT molecular complexity index is 1150. The van der Waals surface area contributed by atoms with Crippen LogP contribution in [0.5, 0.6) is 17.4 Å². The molecule has 1 atom stereocenters. The highest BCUT2D eigenvalue weighted by Crippen LogP contribution is 2.46. The van der Waals surface area contributed by atoms with Gasteiger partial charge in [-0.2, -0.15) is 5.26 Å². The number of aromatic amines is 1. The van der Waals surface area contributed by atoms with Crippen LogP contribution in [0.25, 0.3) is 11.3 Å². The molecule has 3 N–H and O–H groups in total. The summed E-state index contributed by atoms with van der Waals surface area (Å²) in [6.45, 7) is 0. The third kappa shape index (κ3) is 3.02. The van der Waals surface area contributed by atoms with Crippen molar-refractivity contribution in [3.63, 3.8) is 0 Å². The van der Waals surface area contributed by atoms with E-state index < -0.39 is 5.92 Å². The zero-order valence-corrected chi connectivity index (χ0v) is 15.7. The van der Waals surface area contributed by atoms with Crippen LogP contribution in [-0.2, 0) is 0 Å². The average molecular weight is 392 g/mol. The zero-order valence-electron chi connectivity index (χ0n) is 15.7. The molecule has 1 aliphatic rings. The maximum atomic E-state index is 13.4. The van der Waals surface area contributed by atoms with Crippen molar-refractivity contribution in [2.24, 2.45) is 5.73 Å². The summed E-state index contributed by atoms with van der Waals surface area (Å²) >= 11 is 0. The first-order valence-electron chi connectivity index (χ1n) is 8.71. The molecule has 146 valence electrons. The lowest BCUT2D eigenvalue weighted by Gasteiger charge is -2.24. The number of rotatable bonds is 4. The van der Waals surface area contributed by atoms with Gasteiger partial charge in [0.2, 0.25) is 11.8 Å². The molecular weight excluding hydrogens is 375 g/mol. The van der Waals surface area contributed by atoms with E-state index in [4.69, 9.17) is 19.9 Å². The number of benzene rings is 2. The van der Waals surface area contributed by atoms with Crippen LogP contribution in [0.4, 0.5) is 4.39 Å². The number of nitriles is 1. The third-order valence-corrected chi connectivity index (χ3v) is 4.81. The summed E-state index contributed by atoms with van der Waals surface area (Å²) in [5.41, 5.74) is 8.94. The van der Waals surface area contributed by atoms with E-state index in [1.54, 1.807) is 31.4 Å². The molecule has 3 aromatic rings. The minimum absolute atomic E-state index is 0.0167. The maximum Gasteiger partial charge on any atom is 0.244 e. The fourth-order valence-corrected chi connectivity index (χ4v) is 3.45. The summed E-state index contributed by atoms with van der Waals surface area (Å²) < 4.78 is 29.7. The molecule has 0 fully saturated rings. The van der Waals surface area contributed by atoms with Gasteiger partial charge in [-0.1, -0.05) is 6.07 Å². The lowest BCUT2D eigenvalue weighted by Crippen LogP contribution is -2.21. The number of nitrogens with zero attached hydrogens (tertiary/aromatic N) is 2. The molecule has 7 nitrogen and oxygen atoms in total. The number of aromatic nitrogens is 2. The summed E-state index contributed by atoms with van der Waals surface area (Å²) in [5, 5.41) is 16.9. The van der Waals surface area contributed by atoms with Crippen molar-refractivity contribution in [1.82, 2.24) is 10.2 Å². The highest BCUT2D eigenvalue weighted by Gasteiger charge is 2.36. The monoisotopic (exact) mass is 392 g/mol. The number of ether oxygens (including phenoxy) is 3. The van der Waals surface area contributed by atoms with Crippen LogP contribution >= 0.6 is 0 Å². The van der Waals surface area contributed by atoms with Gasteiger partial charge in [-0.15, -0.1) is 5.10 Å². The van der Waals surface area contributed by atoms with Gasteiger partial charge in [-0.25, -0.2) is 4.39 Å². The van der Waals surface area contributed by atoms with Gasteiger partial charge in [0.1, 0.15) is 17.5 Å².